The third-order valence-corrected chi connectivity index (χ3v) is 4.14. The Hall–Kier alpha value is -1.60. The Kier molecular flexibility index (Phi) is 2.87. The summed E-state index contributed by atoms with van der Waals surface area (Å²) in [6.07, 6.45) is -7.45. The smallest absolute Gasteiger partial charge is 0.335 e. The molecule has 0 amide bonds. The van der Waals surface area contributed by atoms with Crippen molar-refractivity contribution in [1.29, 1.82) is 0 Å². The summed E-state index contributed by atoms with van der Waals surface area (Å²) >= 11 is 5.75. The summed E-state index contributed by atoms with van der Waals surface area (Å²) in [7, 11) is -5.53. The maximum atomic E-state index is 13.8. The summed E-state index contributed by atoms with van der Waals surface area (Å²) in [6, 6.07) is -4.77. The van der Waals surface area contributed by atoms with Crippen LogP contribution in [0.15, 0.2) is 29.8 Å². The van der Waals surface area contributed by atoms with Crippen molar-refractivity contribution < 1.29 is 34.7 Å². The Morgan fingerprint density at radius 2 is 2.39 bits per heavy atom. The lowest BCUT2D eigenvalue weighted by Gasteiger charge is -2.24. The fourth-order valence-corrected chi connectivity index (χ4v) is 3.02. The molecule has 1 atom stereocenters. The summed E-state index contributed by atoms with van der Waals surface area (Å²) in [6.45, 7) is 0.943. The van der Waals surface area contributed by atoms with E-state index in [2.05, 4.69) is 4.74 Å². The number of halogens is 2. The summed E-state index contributed by atoms with van der Waals surface area (Å²) in [5.74, 6) is -3.14. The van der Waals surface area contributed by atoms with Crippen LogP contribution >= 0.6 is 11.6 Å². The molecule has 1 N–H and O–H groups in total. The van der Waals surface area contributed by atoms with Gasteiger partial charge >= 0.3 is 5.97 Å². The number of carbonyl (C=O) groups is 1. The lowest BCUT2D eigenvalue weighted by atomic mass is 9.99. The maximum absolute atomic E-state index is 13.8. The molecule has 2 rings (SSSR count). The number of sulfonamides is 1. The molecule has 126 valence electrons. The van der Waals surface area contributed by atoms with E-state index in [-0.39, 0.29) is 6.61 Å². The second kappa shape index (κ2) is 7.31. The summed E-state index contributed by atoms with van der Waals surface area (Å²) in [5.41, 5.74) is -2.45. The molecule has 1 aromatic rings. The van der Waals surface area contributed by atoms with Gasteiger partial charge in [-0.1, -0.05) is 17.7 Å². The van der Waals surface area contributed by atoms with Gasteiger partial charge in [0.15, 0.2) is 0 Å². The number of rotatable bonds is 5. The van der Waals surface area contributed by atoms with Crippen LogP contribution in [-0.2, 0) is 19.6 Å². The van der Waals surface area contributed by atoms with Gasteiger partial charge in [0.2, 0.25) is 10.0 Å². The second-order valence-electron chi connectivity index (χ2n) is 4.06. The SMILES string of the molecule is [2H]C1=C(C(=O)OCC)[C@]([2H])(S(=O)(=O)Nc2c([2H])c([2H])c(F)c([2H])c2Cl)C([2H])([2H])CC1([2H])[2H]. The molecular formula is C15H17ClFNO4S. The van der Waals surface area contributed by atoms with Crippen molar-refractivity contribution in [2.45, 2.75) is 31.3 Å². The predicted molar refractivity (Wildman–Crippen MR) is 86.3 cm³/mol. The molecule has 0 heterocycles. The van der Waals surface area contributed by atoms with Crippen molar-refractivity contribution >= 4 is 33.3 Å². The van der Waals surface area contributed by atoms with E-state index < -0.39 is 86.7 Å². The minimum atomic E-state index is -5.53. The topological polar surface area (TPSA) is 72.5 Å². The summed E-state index contributed by atoms with van der Waals surface area (Å²) in [4.78, 5) is 12.5. The van der Waals surface area contributed by atoms with Crippen LogP contribution in [0.5, 0.6) is 0 Å². The number of carbonyl (C=O) groups excluding carboxylic acids is 1. The van der Waals surface area contributed by atoms with E-state index in [4.69, 9.17) is 23.9 Å². The van der Waals surface area contributed by atoms with Gasteiger partial charge in [0.25, 0.3) is 0 Å². The van der Waals surface area contributed by atoms with Crippen LogP contribution in [-0.4, -0.2) is 26.2 Å². The molecule has 0 aromatic heterocycles. The molecule has 23 heavy (non-hydrogen) atoms. The quantitative estimate of drug-likeness (QED) is 0.807. The third-order valence-electron chi connectivity index (χ3n) is 2.50. The van der Waals surface area contributed by atoms with Crippen LogP contribution in [0, 0.1) is 5.82 Å². The molecule has 0 bridgehead atoms. The monoisotopic (exact) mass is 370 g/mol. The molecule has 0 saturated heterocycles. The molecule has 0 fully saturated rings. The summed E-state index contributed by atoms with van der Waals surface area (Å²) in [5, 5.41) is -4.64. The molecule has 0 spiro atoms. The van der Waals surface area contributed by atoms with Crippen molar-refractivity contribution in [2.75, 3.05) is 11.3 Å². The number of hydrogen-bond donors (Lipinski definition) is 1. The Labute approximate surface area is 152 Å². The Bertz CT molecular complexity index is 1100. The number of benzene rings is 1. The fourth-order valence-electron chi connectivity index (χ4n) is 1.60. The largest absolute Gasteiger partial charge is 0.463 e. The average Bonchev–Trinajstić information content (AvgIpc) is 2.66. The Morgan fingerprint density at radius 3 is 3.09 bits per heavy atom. The van der Waals surface area contributed by atoms with Gasteiger partial charge in [-0.2, -0.15) is 0 Å². The highest BCUT2D eigenvalue weighted by Crippen LogP contribution is 2.30. The molecule has 0 aliphatic heterocycles. The first-order valence-electron chi connectivity index (χ1n) is 10.7. The van der Waals surface area contributed by atoms with Gasteiger partial charge in [0.1, 0.15) is 11.0 Å². The number of hydrogen-bond acceptors (Lipinski definition) is 4. The van der Waals surface area contributed by atoms with Crippen molar-refractivity contribution in [2.24, 2.45) is 0 Å². The van der Waals surface area contributed by atoms with Gasteiger partial charge in [-0.3, -0.25) is 4.72 Å². The van der Waals surface area contributed by atoms with Crippen molar-refractivity contribution in [3.8, 4) is 0 Å². The Balaban J connectivity index is 2.85. The van der Waals surface area contributed by atoms with E-state index in [0.717, 1.165) is 0 Å². The maximum Gasteiger partial charge on any atom is 0.335 e. The van der Waals surface area contributed by atoms with E-state index in [1.165, 1.54) is 6.92 Å². The molecule has 0 saturated carbocycles. The third kappa shape index (κ3) is 4.23. The van der Waals surface area contributed by atoms with Gasteiger partial charge in [0, 0.05) is 5.48 Å². The number of allylic oxidation sites excluding steroid dienone is 1. The number of esters is 1. The zero-order valence-electron chi connectivity index (χ0n) is 20.7. The first-order valence-corrected chi connectivity index (χ1v) is 8.09. The number of ether oxygens (including phenoxy) is 1. The van der Waals surface area contributed by atoms with Crippen molar-refractivity contribution in [3.05, 3.63) is 40.6 Å². The zero-order valence-corrected chi connectivity index (χ0v) is 13.3. The van der Waals surface area contributed by atoms with E-state index in [1.807, 2.05) is 0 Å². The molecule has 1 aromatic carbocycles. The zero-order chi connectivity index (χ0) is 25.0. The highest BCUT2D eigenvalue weighted by Gasteiger charge is 2.35. The molecule has 1 aliphatic carbocycles. The van der Waals surface area contributed by atoms with Crippen LogP contribution in [0.3, 0.4) is 0 Å². The van der Waals surface area contributed by atoms with Gasteiger partial charge in [-0.25, -0.2) is 17.6 Å². The van der Waals surface area contributed by atoms with E-state index in [1.54, 1.807) is 4.72 Å². The fraction of sp³-hybridized carbons (Fsp3) is 0.400. The molecule has 8 heteroatoms. The van der Waals surface area contributed by atoms with Gasteiger partial charge in [-0.15, -0.1) is 0 Å². The first-order chi connectivity index (χ1) is 14.4. The highest BCUT2D eigenvalue weighted by atomic mass is 35.5. The van der Waals surface area contributed by atoms with Crippen LogP contribution in [0.2, 0.25) is 5.02 Å². The summed E-state index contributed by atoms with van der Waals surface area (Å²) < 4.78 is 118. The molecule has 0 radical (unpaired) electrons. The van der Waals surface area contributed by atoms with Crippen LogP contribution in [0.4, 0.5) is 10.1 Å². The van der Waals surface area contributed by atoms with Crippen molar-refractivity contribution in [1.82, 2.24) is 0 Å². The van der Waals surface area contributed by atoms with Gasteiger partial charge in [-0.05, 0) is 44.2 Å². The molecule has 5 nitrogen and oxygen atoms in total. The van der Waals surface area contributed by atoms with E-state index in [0.29, 0.717) is 0 Å². The lowest BCUT2D eigenvalue weighted by Crippen LogP contribution is -2.34. The number of nitrogens with one attached hydrogen (secondary N) is 1. The highest BCUT2D eigenvalue weighted by molar-refractivity contribution is 7.93. The minimum absolute atomic E-state index is 0.365. The standard InChI is InChI=1S/C15H17ClFNO4S/c1-2-22-15(19)11-5-3-4-6-14(11)23(20,21)18-13-8-7-10(17)9-12(13)16/h5,7-9,14,18H,2-4,6H2,1H3/t14-/m1/s1/i3D2,5D,6D2,7D,8D,9D,14D. The van der Waals surface area contributed by atoms with Crippen molar-refractivity contribution in [3.63, 3.8) is 0 Å². The van der Waals surface area contributed by atoms with Gasteiger partial charge in [0.05, 0.1) is 29.7 Å². The van der Waals surface area contributed by atoms with Crippen LogP contribution in [0.25, 0.3) is 0 Å². The van der Waals surface area contributed by atoms with E-state index >= 15 is 0 Å². The molecular weight excluding hydrogens is 345 g/mol. The predicted octanol–water partition coefficient (Wildman–Crippen LogP) is 3.26. The normalized spacial score (nSPS) is 31.9. The average molecular weight is 371 g/mol. The molecule has 1 aliphatic rings. The van der Waals surface area contributed by atoms with Crippen LogP contribution in [0.1, 0.15) is 38.4 Å². The molecule has 0 unspecified atom stereocenters. The minimum Gasteiger partial charge on any atom is -0.463 e. The second-order valence-corrected chi connectivity index (χ2v) is 6.06. The lowest BCUT2D eigenvalue weighted by molar-refractivity contribution is -0.138. The Morgan fingerprint density at radius 1 is 1.65 bits per heavy atom. The number of anilines is 1. The first kappa shape index (κ1) is 9.03. The van der Waals surface area contributed by atoms with E-state index in [9.17, 15) is 17.6 Å². The van der Waals surface area contributed by atoms with Gasteiger partial charge < -0.3 is 4.74 Å². The van der Waals surface area contributed by atoms with Crippen LogP contribution < -0.4 is 4.72 Å².